The third-order valence-corrected chi connectivity index (χ3v) is 3.58. The summed E-state index contributed by atoms with van der Waals surface area (Å²) in [4.78, 5) is 2.38. The van der Waals surface area contributed by atoms with E-state index < -0.39 is 0 Å². The molecule has 1 N–H and O–H groups in total. The van der Waals surface area contributed by atoms with E-state index in [1.165, 1.54) is 25.7 Å². The Labute approximate surface area is 95.3 Å². The maximum atomic E-state index is 5.14. The molecule has 4 nitrogen and oxygen atoms in total. The van der Waals surface area contributed by atoms with Crippen LogP contribution in [0.3, 0.4) is 0 Å². The van der Waals surface area contributed by atoms with Gasteiger partial charge in [-0.05, 0) is 37.9 Å². The first-order valence-electron chi connectivity index (χ1n) is 5.62. The minimum Gasteiger partial charge on any atom is -0.338 e. The average Bonchev–Trinajstić information content (AvgIpc) is 2.60. The number of H-pyrrole nitrogens is 1. The Morgan fingerprint density at radius 2 is 2.33 bits per heavy atom. The van der Waals surface area contributed by atoms with Crippen LogP contribution in [-0.4, -0.2) is 27.4 Å². The first-order chi connectivity index (χ1) is 7.24. The number of hydrogen-bond donors (Lipinski definition) is 1. The largest absolute Gasteiger partial charge is 0.338 e. The summed E-state index contributed by atoms with van der Waals surface area (Å²) >= 11 is 5.14. The number of aromatic amines is 1. The van der Waals surface area contributed by atoms with Gasteiger partial charge < -0.3 is 4.90 Å². The Hall–Kier alpha value is -0.840. The first kappa shape index (κ1) is 10.7. The van der Waals surface area contributed by atoms with Crippen molar-refractivity contribution in [3.8, 4) is 0 Å². The lowest BCUT2D eigenvalue weighted by Gasteiger charge is -2.35. The lowest BCUT2D eigenvalue weighted by molar-refractivity contribution is 0.439. The topological polar surface area (TPSA) is 36.9 Å². The van der Waals surface area contributed by atoms with E-state index in [2.05, 4.69) is 22.0 Å². The maximum absolute atomic E-state index is 5.14. The van der Waals surface area contributed by atoms with Gasteiger partial charge in [-0.2, -0.15) is 0 Å². The van der Waals surface area contributed by atoms with E-state index in [9.17, 15) is 0 Å². The summed E-state index contributed by atoms with van der Waals surface area (Å²) in [6, 6.07) is 0.627. The van der Waals surface area contributed by atoms with Crippen molar-refractivity contribution < 1.29 is 0 Å². The normalized spacial score (nSPS) is 22.0. The molecule has 84 valence electrons. The van der Waals surface area contributed by atoms with Gasteiger partial charge in [0.05, 0.1) is 0 Å². The van der Waals surface area contributed by atoms with Gasteiger partial charge in [-0.25, -0.2) is 5.10 Å². The molecule has 1 aliphatic rings. The molecule has 1 atom stereocenters. The molecule has 1 saturated heterocycles. The predicted molar refractivity (Wildman–Crippen MR) is 63.7 cm³/mol. The fourth-order valence-corrected chi connectivity index (χ4v) is 2.41. The summed E-state index contributed by atoms with van der Waals surface area (Å²) in [5.74, 6) is 0.992. The van der Waals surface area contributed by atoms with Gasteiger partial charge >= 0.3 is 0 Å². The molecule has 0 bridgehead atoms. The van der Waals surface area contributed by atoms with Gasteiger partial charge in [0, 0.05) is 19.6 Å². The van der Waals surface area contributed by atoms with Gasteiger partial charge in [-0.3, -0.25) is 4.57 Å². The Balaban J connectivity index is 2.28. The average molecular weight is 226 g/mol. The number of anilines is 1. The van der Waals surface area contributed by atoms with Crippen molar-refractivity contribution in [3.63, 3.8) is 0 Å². The monoisotopic (exact) mass is 226 g/mol. The molecule has 1 fully saturated rings. The lowest BCUT2D eigenvalue weighted by atomic mass is 10.0. The van der Waals surface area contributed by atoms with Crippen LogP contribution in [0.5, 0.6) is 0 Å². The zero-order chi connectivity index (χ0) is 10.8. The van der Waals surface area contributed by atoms with Crippen molar-refractivity contribution in [2.75, 3.05) is 11.4 Å². The molecule has 0 spiro atoms. The van der Waals surface area contributed by atoms with E-state index >= 15 is 0 Å². The van der Waals surface area contributed by atoms with Gasteiger partial charge in [0.1, 0.15) is 0 Å². The smallest absolute Gasteiger partial charge is 0.225 e. The third kappa shape index (κ3) is 1.93. The summed E-state index contributed by atoms with van der Waals surface area (Å²) in [7, 11) is 1.97. The summed E-state index contributed by atoms with van der Waals surface area (Å²) < 4.78 is 2.66. The molecular weight excluding hydrogens is 208 g/mol. The van der Waals surface area contributed by atoms with Crippen LogP contribution in [-0.2, 0) is 7.05 Å². The van der Waals surface area contributed by atoms with Crippen molar-refractivity contribution >= 4 is 18.2 Å². The Bertz CT molecular complexity index is 381. The van der Waals surface area contributed by atoms with E-state index in [1.807, 2.05) is 11.6 Å². The molecular formula is C10H18N4S. The SMILES string of the molecule is CCC1CCCCN1c1n[nH]c(=S)n1C. The highest BCUT2D eigenvalue weighted by Gasteiger charge is 2.24. The van der Waals surface area contributed by atoms with Gasteiger partial charge in [-0.15, -0.1) is 5.10 Å². The minimum atomic E-state index is 0.627. The molecule has 1 aromatic heterocycles. The number of rotatable bonds is 2. The third-order valence-electron chi connectivity index (χ3n) is 3.21. The van der Waals surface area contributed by atoms with E-state index in [1.54, 1.807) is 0 Å². The van der Waals surface area contributed by atoms with Gasteiger partial charge in [0.25, 0.3) is 0 Å². The summed E-state index contributed by atoms with van der Waals surface area (Å²) in [5, 5.41) is 7.16. The molecule has 0 saturated carbocycles. The number of hydrogen-bond acceptors (Lipinski definition) is 3. The van der Waals surface area contributed by atoms with Gasteiger partial charge in [-0.1, -0.05) is 6.92 Å². The fraction of sp³-hybridized carbons (Fsp3) is 0.800. The molecule has 15 heavy (non-hydrogen) atoms. The molecule has 1 unspecified atom stereocenters. The number of aromatic nitrogens is 3. The quantitative estimate of drug-likeness (QED) is 0.786. The van der Waals surface area contributed by atoms with Gasteiger partial charge in [0.15, 0.2) is 4.77 Å². The molecule has 0 amide bonds. The van der Waals surface area contributed by atoms with E-state index in [0.717, 1.165) is 12.5 Å². The van der Waals surface area contributed by atoms with E-state index in [-0.39, 0.29) is 0 Å². The Morgan fingerprint density at radius 1 is 1.53 bits per heavy atom. The second kappa shape index (κ2) is 4.35. The van der Waals surface area contributed by atoms with Crippen LogP contribution >= 0.6 is 12.2 Å². The maximum Gasteiger partial charge on any atom is 0.225 e. The van der Waals surface area contributed by atoms with Crippen molar-refractivity contribution in [2.24, 2.45) is 7.05 Å². The zero-order valence-corrected chi connectivity index (χ0v) is 10.2. The highest BCUT2D eigenvalue weighted by atomic mass is 32.1. The Kier molecular flexibility index (Phi) is 3.09. The minimum absolute atomic E-state index is 0.627. The fourth-order valence-electron chi connectivity index (χ4n) is 2.28. The molecule has 2 heterocycles. The molecule has 0 radical (unpaired) electrons. The molecule has 2 rings (SSSR count). The summed E-state index contributed by atoms with van der Waals surface area (Å²) in [5.41, 5.74) is 0. The molecule has 0 aliphatic carbocycles. The van der Waals surface area contributed by atoms with Crippen LogP contribution in [0, 0.1) is 4.77 Å². The standard InChI is InChI=1S/C10H18N4S/c1-3-8-6-4-5-7-14(8)9-11-12-10(15)13(9)2/h8H,3-7H2,1-2H3,(H,12,15). The van der Waals surface area contributed by atoms with Crippen LogP contribution in [0.2, 0.25) is 0 Å². The predicted octanol–water partition coefficient (Wildman–Crippen LogP) is 2.25. The number of piperidine rings is 1. The van der Waals surface area contributed by atoms with Gasteiger partial charge in [0.2, 0.25) is 5.95 Å². The zero-order valence-electron chi connectivity index (χ0n) is 9.36. The van der Waals surface area contributed by atoms with E-state index in [4.69, 9.17) is 12.2 Å². The highest BCUT2D eigenvalue weighted by Crippen LogP contribution is 2.24. The van der Waals surface area contributed by atoms with E-state index in [0.29, 0.717) is 10.8 Å². The first-order valence-corrected chi connectivity index (χ1v) is 6.03. The van der Waals surface area contributed by atoms with Crippen LogP contribution in [0.15, 0.2) is 0 Å². The number of nitrogens with one attached hydrogen (secondary N) is 1. The Morgan fingerprint density at radius 3 is 2.93 bits per heavy atom. The molecule has 5 heteroatoms. The summed E-state index contributed by atoms with van der Waals surface area (Å²) in [6.45, 7) is 3.34. The second-order valence-electron chi connectivity index (χ2n) is 4.14. The van der Waals surface area contributed by atoms with Crippen LogP contribution < -0.4 is 4.90 Å². The molecule has 1 aromatic rings. The highest BCUT2D eigenvalue weighted by molar-refractivity contribution is 7.71. The second-order valence-corrected chi connectivity index (χ2v) is 4.53. The van der Waals surface area contributed by atoms with Crippen LogP contribution in [0.4, 0.5) is 5.95 Å². The van der Waals surface area contributed by atoms with Crippen molar-refractivity contribution in [2.45, 2.75) is 38.6 Å². The molecule has 0 aromatic carbocycles. The number of nitrogens with zero attached hydrogens (tertiary/aromatic N) is 3. The van der Waals surface area contributed by atoms with Crippen molar-refractivity contribution in [3.05, 3.63) is 4.77 Å². The van der Waals surface area contributed by atoms with Crippen molar-refractivity contribution in [1.82, 2.24) is 14.8 Å². The van der Waals surface area contributed by atoms with Crippen molar-refractivity contribution in [1.29, 1.82) is 0 Å². The summed E-state index contributed by atoms with van der Waals surface area (Å²) in [6.07, 6.45) is 5.05. The van der Waals surface area contributed by atoms with Crippen LogP contribution in [0.1, 0.15) is 32.6 Å². The lowest BCUT2D eigenvalue weighted by Crippen LogP contribution is -2.40. The van der Waals surface area contributed by atoms with Crippen LogP contribution in [0.25, 0.3) is 0 Å². The molecule has 1 aliphatic heterocycles.